The van der Waals surface area contributed by atoms with Crippen molar-refractivity contribution in [3.8, 4) is 0 Å². The molecule has 15 heavy (non-hydrogen) atoms. The van der Waals surface area contributed by atoms with Gasteiger partial charge >= 0.3 is 0 Å². The molecule has 1 heterocycles. The molecule has 2 N–H and O–H groups in total. The van der Waals surface area contributed by atoms with Crippen LogP contribution in [0.3, 0.4) is 0 Å². The Bertz CT molecular complexity index is 303. The van der Waals surface area contributed by atoms with Crippen LogP contribution in [0.5, 0.6) is 0 Å². The molecule has 5 heteroatoms. The summed E-state index contributed by atoms with van der Waals surface area (Å²) in [5.74, 6) is 0.748. The molecule has 1 aromatic heterocycles. The Morgan fingerprint density at radius 1 is 1.53 bits per heavy atom. The lowest BCUT2D eigenvalue weighted by Crippen LogP contribution is -2.25. The van der Waals surface area contributed by atoms with E-state index < -0.39 is 0 Å². The third-order valence-electron chi connectivity index (χ3n) is 1.96. The summed E-state index contributed by atoms with van der Waals surface area (Å²) in [6, 6.07) is 0. The maximum Gasteiger partial charge on any atom is 0.155 e. The van der Waals surface area contributed by atoms with Gasteiger partial charge in [-0.3, -0.25) is 0 Å². The molecule has 0 aromatic carbocycles. The zero-order valence-electron chi connectivity index (χ0n) is 9.47. The summed E-state index contributed by atoms with van der Waals surface area (Å²) in [6.45, 7) is 5.45. The minimum atomic E-state index is 0.251. The van der Waals surface area contributed by atoms with Gasteiger partial charge in [0.2, 0.25) is 0 Å². The van der Waals surface area contributed by atoms with E-state index in [4.69, 9.17) is 10.5 Å². The first kappa shape index (κ1) is 11.7. The van der Waals surface area contributed by atoms with Gasteiger partial charge in [0.25, 0.3) is 0 Å². The molecule has 0 atom stereocenters. The largest absolute Gasteiger partial charge is 0.394 e. The first-order chi connectivity index (χ1) is 7.11. The molecule has 0 spiro atoms. The molecule has 0 radical (unpaired) electrons. The lowest BCUT2D eigenvalue weighted by Gasteiger charge is -2.19. The fraction of sp³-hybridized carbons (Fsp3) is 0.600. The summed E-state index contributed by atoms with van der Waals surface area (Å²) in [5, 5.41) is 0. The summed E-state index contributed by atoms with van der Waals surface area (Å²) in [7, 11) is 1.93. The van der Waals surface area contributed by atoms with Crippen molar-refractivity contribution >= 4 is 11.5 Å². The van der Waals surface area contributed by atoms with Crippen molar-refractivity contribution in [2.45, 2.75) is 20.0 Å². The predicted octanol–water partition coefficient (Wildman–Crippen LogP) is 0.920. The lowest BCUT2D eigenvalue weighted by atomic mass is 10.4. The van der Waals surface area contributed by atoms with Crippen LogP contribution in [0.15, 0.2) is 12.5 Å². The van der Waals surface area contributed by atoms with Gasteiger partial charge in [-0.05, 0) is 13.8 Å². The zero-order chi connectivity index (χ0) is 11.3. The average molecular weight is 210 g/mol. The average Bonchev–Trinajstić information content (AvgIpc) is 2.17. The highest BCUT2D eigenvalue weighted by Gasteiger charge is 2.06. The second-order valence-corrected chi connectivity index (χ2v) is 3.64. The number of aromatic nitrogens is 2. The number of rotatable bonds is 5. The first-order valence-corrected chi connectivity index (χ1v) is 4.99. The molecule has 0 fully saturated rings. The van der Waals surface area contributed by atoms with Gasteiger partial charge in [0.1, 0.15) is 6.33 Å². The van der Waals surface area contributed by atoms with Crippen LogP contribution in [0.4, 0.5) is 11.5 Å². The van der Waals surface area contributed by atoms with Crippen molar-refractivity contribution < 1.29 is 4.74 Å². The number of hydrogen-bond acceptors (Lipinski definition) is 5. The molecule has 0 unspecified atom stereocenters. The van der Waals surface area contributed by atoms with Crippen molar-refractivity contribution in [1.29, 1.82) is 0 Å². The van der Waals surface area contributed by atoms with E-state index in [0.717, 1.165) is 12.4 Å². The van der Waals surface area contributed by atoms with Crippen molar-refractivity contribution in [2.75, 3.05) is 30.8 Å². The molecule has 0 saturated heterocycles. The Balaban J connectivity index is 2.47. The number of anilines is 2. The molecule has 0 aliphatic heterocycles. The van der Waals surface area contributed by atoms with E-state index in [9.17, 15) is 0 Å². The van der Waals surface area contributed by atoms with E-state index in [1.54, 1.807) is 6.20 Å². The van der Waals surface area contributed by atoms with Crippen molar-refractivity contribution in [1.82, 2.24) is 9.97 Å². The molecule has 5 nitrogen and oxygen atoms in total. The van der Waals surface area contributed by atoms with Crippen molar-refractivity contribution in [3.05, 3.63) is 12.5 Å². The molecule has 0 aliphatic rings. The van der Waals surface area contributed by atoms with Crippen LogP contribution in [0.25, 0.3) is 0 Å². The summed E-state index contributed by atoms with van der Waals surface area (Å²) >= 11 is 0. The standard InChI is InChI=1S/C10H18N4O/c1-8(2)15-5-4-14(3)10-9(11)6-12-7-13-10/h6-8H,4-5,11H2,1-3H3. The summed E-state index contributed by atoms with van der Waals surface area (Å²) in [5.41, 5.74) is 6.33. The third kappa shape index (κ3) is 3.71. The van der Waals surface area contributed by atoms with Crippen LogP contribution in [-0.2, 0) is 4.74 Å². The quantitative estimate of drug-likeness (QED) is 0.783. The maximum atomic E-state index is 5.75. The van der Waals surface area contributed by atoms with Gasteiger partial charge < -0.3 is 15.4 Å². The van der Waals surface area contributed by atoms with Gasteiger partial charge in [0.15, 0.2) is 5.82 Å². The highest BCUT2D eigenvalue weighted by atomic mass is 16.5. The number of nitrogens with two attached hydrogens (primary N) is 1. The fourth-order valence-electron chi connectivity index (χ4n) is 1.18. The Morgan fingerprint density at radius 3 is 2.87 bits per heavy atom. The molecule has 84 valence electrons. The maximum absolute atomic E-state index is 5.75. The Labute approximate surface area is 90.3 Å². The zero-order valence-corrected chi connectivity index (χ0v) is 9.47. The van der Waals surface area contributed by atoms with E-state index in [0.29, 0.717) is 12.3 Å². The van der Waals surface area contributed by atoms with Gasteiger partial charge in [0, 0.05) is 13.6 Å². The van der Waals surface area contributed by atoms with Crippen molar-refractivity contribution in [3.63, 3.8) is 0 Å². The molecular weight excluding hydrogens is 192 g/mol. The monoisotopic (exact) mass is 210 g/mol. The summed E-state index contributed by atoms with van der Waals surface area (Å²) in [6.07, 6.45) is 3.34. The van der Waals surface area contributed by atoms with Crippen molar-refractivity contribution in [2.24, 2.45) is 0 Å². The summed E-state index contributed by atoms with van der Waals surface area (Å²) in [4.78, 5) is 9.91. The number of likely N-dealkylation sites (N-methyl/N-ethyl adjacent to an activating group) is 1. The van der Waals surface area contributed by atoms with E-state index in [1.807, 2.05) is 25.8 Å². The Morgan fingerprint density at radius 2 is 2.27 bits per heavy atom. The number of nitrogens with zero attached hydrogens (tertiary/aromatic N) is 3. The lowest BCUT2D eigenvalue weighted by molar-refractivity contribution is 0.0845. The smallest absolute Gasteiger partial charge is 0.155 e. The van der Waals surface area contributed by atoms with Crippen LogP contribution in [-0.4, -0.2) is 36.3 Å². The van der Waals surface area contributed by atoms with E-state index in [-0.39, 0.29) is 6.10 Å². The van der Waals surface area contributed by atoms with Crippen LogP contribution in [0.1, 0.15) is 13.8 Å². The molecule has 0 bridgehead atoms. The molecule has 0 amide bonds. The normalized spacial score (nSPS) is 10.7. The SMILES string of the molecule is CC(C)OCCN(C)c1ncncc1N. The van der Waals surface area contributed by atoms with Gasteiger partial charge in [-0.1, -0.05) is 0 Å². The van der Waals surface area contributed by atoms with E-state index in [2.05, 4.69) is 9.97 Å². The van der Waals surface area contributed by atoms with Crippen LogP contribution < -0.4 is 10.6 Å². The Kier molecular flexibility index (Phi) is 4.30. The minimum absolute atomic E-state index is 0.251. The Hall–Kier alpha value is -1.36. The highest BCUT2D eigenvalue weighted by Crippen LogP contribution is 2.15. The second kappa shape index (κ2) is 5.50. The molecule has 0 aliphatic carbocycles. The first-order valence-electron chi connectivity index (χ1n) is 4.99. The minimum Gasteiger partial charge on any atom is -0.394 e. The fourth-order valence-corrected chi connectivity index (χ4v) is 1.18. The molecule has 1 aromatic rings. The summed E-state index contributed by atoms with van der Waals surface area (Å²) < 4.78 is 5.45. The van der Waals surface area contributed by atoms with Gasteiger partial charge in [-0.25, -0.2) is 9.97 Å². The van der Waals surface area contributed by atoms with Gasteiger partial charge in [-0.2, -0.15) is 0 Å². The predicted molar refractivity (Wildman–Crippen MR) is 60.8 cm³/mol. The number of ether oxygens (including phenoxy) is 1. The van der Waals surface area contributed by atoms with Crippen LogP contribution >= 0.6 is 0 Å². The van der Waals surface area contributed by atoms with Gasteiger partial charge in [-0.15, -0.1) is 0 Å². The second-order valence-electron chi connectivity index (χ2n) is 3.64. The topological polar surface area (TPSA) is 64.3 Å². The highest BCUT2D eigenvalue weighted by molar-refractivity contribution is 5.60. The van der Waals surface area contributed by atoms with Gasteiger partial charge in [0.05, 0.1) is 24.6 Å². The number of nitrogen functional groups attached to an aromatic ring is 1. The molecule has 1 rings (SSSR count). The molecular formula is C10H18N4O. The van der Waals surface area contributed by atoms with E-state index >= 15 is 0 Å². The van der Waals surface area contributed by atoms with Crippen LogP contribution in [0.2, 0.25) is 0 Å². The van der Waals surface area contributed by atoms with E-state index in [1.165, 1.54) is 6.33 Å². The van der Waals surface area contributed by atoms with Crippen LogP contribution in [0, 0.1) is 0 Å². The number of hydrogen-bond donors (Lipinski definition) is 1. The molecule has 0 saturated carbocycles. The third-order valence-corrected chi connectivity index (χ3v) is 1.96.